The number of carbonyl (C=O) groups is 3. The van der Waals surface area contributed by atoms with E-state index < -0.39 is 28.6 Å². The van der Waals surface area contributed by atoms with Crippen molar-refractivity contribution < 1.29 is 19.1 Å². The van der Waals surface area contributed by atoms with Crippen molar-refractivity contribution in [2.45, 2.75) is 25.3 Å². The molecule has 4 atom stereocenters. The van der Waals surface area contributed by atoms with E-state index in [-0.39, 0.29) is 18.4 Å². The standard InChI is InChI=1S/C19H19NO4/c1-2-24-17(23)18-13-10-6-7-11-14(13)19(18,20-16(22)15(18)21)12-8-4-3-5-9-12/h3-5,7-9,11,13-14H,2,6,10H2,1H3,(H,20,22)/t13-,14+,18-,19-/m1/s1. The molecule has 1 saturated heterocycles. The van der Waals surface area contributed by atoms with E-state index >= 15 is 0 Å². The highest BCUT2D eigenvalue weighted by Gasteiger charge is 2.84. The number of fused-ring (bicyclic) bond motifs is 4. The normalized spacial score (nSPS) is 36.4. The molecule has 1 saturated carbocycles. The third-order valence-electron chi connectivity index (χ3n) is 5.80. The maximum absolute atomic E-state index is 13.0. The highest BCUT2D eigenvalue weighted by Crippen LogP contribution is 2.69. The van der Waals surface area contributed by atoms with Crippen LogP contribution in [0.5, 0.6) is 0 Å². The number of benzene rings is 1. The van der Waals surface area contributed by atoms with Gasteiger partial charge in [0.15, 0.2) is 5.41 Å². The second kappa shape index (κ2) is 5.03. The van der Waals surface area contributed by atoms with Gasteiger partial charge in [0.25, 0.3) is 5.91 Å². The largest absolute Gasteiger partial charge is 0.465 e. The Balaban J connectivity index is 1.97. The molecular weight excluding hydrogens is 306 g/mol. The van der Waals surface area contributed by atoms with Crippen LogP contribution >= 0.6 is 0 Å². The molecule has 1 amide bonds. The molecule has 1 N–H and O–H groups in total. The Hall–Kier alpha value is -2.43. The Morgan fingerprint density at radius 3 is 2.75 bits per heavy atom. The third-order valence-corrected chi connectivity index (χ3v) is 5.80. The van der Waals surface area contributed by atoms with Crippen LogP contribution in [-0.2, 0) is 24.7 Å². The zero-order chi connectivity index (χ0) is 16.9. The first-order valence-electron chi connectivity index (χ1n) is 8.37. The zero-order valence-corrected chi connectivity index (χ0v) is 13.5. The number of ether oxygens (including phenoxy) is 1. The lowest BCUT2D eigenvalue weighted by atomic mass is 9.39. The first kappa shape index (κ1) is 15.1. The monoisotopic (exact) mass is 325 g/mol. The Morgan fingerprint density at radius 2 is 2.04 bits per heavy atom. The highest BCUT2D eigenvalue weighted by atomic mass is 16.5. The molecule has 4 rings (SSSR count). The minimum atomic E-state index is -1.45. The summed E-state index contributed by atoms with van der Waals surface area (Å²) in [6.45, 7) is 1.89. The van der Waals surface area contributed by atoms with Gasteiger partial charge in [-0.15, -0.1) is 0 Å². The van der Waals surface area contributed by atoms with E-state index in [9.17, 15) is 14.4 Å². The van der Waals surface area contributed by atoms with E-state index in [4.69, 9.17) is 4.74 Å². The van der Waals surface area contributed by atoms with Gasteiger partial charge < -0.3 is 10.1 Å². The number of carbonyl (C=O) groups excluding carboxylic acids is 3. The fraction of sp³-hybridized carbons (Fsp3) is 0.421. The summed E-state index contributed by atoms with van der Waals surface area (Å²) in [6.07, 6.45) is 5.61. The molecule has 1 aliphatic heterocycles. The van der Waals surface area contributed by atoms with Crippen LogP contribution in [0.2, 0.25) is 0 Å². The van der Waals surface area contributed by atoms with Gasteiger partial charge in [-0.2, -0.15) is 0 Å². The summed E-state index contributed by atoms with van der Waals surface area (Å²) >= 11 is 0. The fourth-order valence-corrected chi connectivity index (χ4v) is 5.01. The van der Waals surface area contributed by atoms with Crippen molar-refractivity contribution in [1.29, 1.82) is 0 Å². The number of amides is 1. The molecular formula is C19H19NO4. The van der Waals surface area contributed by atoms with Crippen LogP contribution in [0.3, 0.4) is 0 Å². The number of hydrogen-bond acceptors (Lipinski definition) is 4. The summed E-state index contributed by atoms with van der Waals surface area (Å²) in [4.78, 5) is 38.2. The Bertz CT molecular complexity index is 756. The molecule has 0 bridgehead atoms. The summed E-state index contributed by atoms with van der Waals surface area (Å²) in [6, 6.07) is 9.32. The number of esters is 1. The molecule has 2 aliphatic carbocycles. The lowest BCUT2D eigenvalue weighted by Gasteiger charge is -2.63. The molecule has 1 aromatic rings. The lowest BCUT2D eigenvalue weighted by molar-refractivity contribution is -0.194. The van der Waals surface area contributed by atoms with Gasteiger partial charge in [-0.25, -0.2) is 0 Å². The summed E-state index contributed by atoms with van der Waals surface area (Å²) < 4.78 is 5.29. The van der Waals surface area contributed by atoms with Crippen molar-refractivity contribution in [1.82, 2.24) is 5.32 Å². The zero-order valence-electron chi connectivity index (χ0n) is 13.5. The van der Waals surface area contributed by atoms with Crippen LogP contribution in [0.4, 0.5) is 0 Å². The van der Waals surface area contributed by atoms with Gasteiger partial charge in [0.05, 0.1) is 12.1 Å². The molecule has 0 aromatic heterocycles. The fourth-order valence-electron chi connectivity index (χ4n) is 5.01. The first-order chi connectivity index (χ1) is 11.6. The SMILES string of the molecule is CCOC(=O)[C@@]12C(=O)C(=O)N[C@]1(c1ccccc1)[C@H]1C=CCC[C@H]12. The molecule has 0 radical (unpaired) electrons. The average molecular weight is 325 g/mol. The quantitative estimate of drug-likeness (QED) is 0.397. The van der Waals surface area contributed by atoms with E-state index in [1.807, 2.05) is 36.4 Å². The predicted octanol–water partition coefficient (Wildman–Crippen LogP) is 1.73. The Labute approximate surface area is 140 Å². The molecule has 124 valence electrons. The van der Waals surface area contributed by atoms with Gasteiger partial charge in [-0.05, 0) is 31.2 Å². The second-order valence-electron chi connectivity index (χ2n) is 6.62. The molecule has 5 nitrogen and oxygen atoms in total. The van der Waals surface area contributed by atoms with E-state index in [2.05, 4.69) is 11.4 Å². The van der Waals surface area contributed by atoms with Crippen LogP contribution in [0, 0.1) is 17.3 Å². The number of Topliss-reactive ketones (excluding diaryl/α,β-unsaturated/α-hetero) is 1. The molecule has 3 aliphatic rings. The predicted molar refractivity (Wildman–Crippen MR) is 85.7 cm³/mol. The summed E-state index contributed by atoms with van der Waals surface area (Å²) in [5.41, 5.74) is -1.70. The minimum Gasteiger partial charge on any atom is -0.465 e. The molecule has 0 unspecified atom stereocenters. The van der Waals surface area contributed by atoms with Gasteiger partial charge >= 0.3 is 5.97 Å². The number of allylic oxidation sites excluding steroid dienone is 1. The summed E-state index contributed by atoms with van der Waals surface area (Å²) in [7, 11) is 0. The van der Waals surface area contributed by atoms with Crippen LogP contribution in [0.15, 0.2) is 42.5 Å². The van der Waals surface area contributed by atoms with E-state index in [0.29, 0.717) is 6.42 Å². The van der Waals surface area contributed by atoms with Gasteiger partial charge in [0, 0.05) is 5.92 Å². The molecule has 1 aromatic carbocycles. The summed E-state index contributed by atoms with van der Waals surface area (Å²) in [5.74, 6) is -2.19. The average Bonchev–Trinajstić information content (AvgIpc) is 2.80. The maximum Gasteiger partial charge on any atom is 0.323 e. The second-order valence-corrected chi connectivity index (χ2v) is 6.62. The van der Waals surface area contributed by atoms with Crippen molar-refractivity contribution >= 4 is 17.7 Å². The molecule has 0 spiro atoms. The Kier molecular flexibility index (Phi) is 3.17. The first-order valence-corrected chi connectivity index (χ1v) is 8.37. The van der Waals surface area contributed by atoms with Crippen LogP contribution in [0.1, 0.15) is 25.3 Å². The molecule has 5 heteroatoms. The van der Waals surface area contributed by atoms with Gasteiger partial charge in [0.2, 0.25) is 5.78 Å². The summed E-state index contributed by atoms with van der Waals surface area (Å²) in [5, 5.41) is 2.87. The third kappa shape index (κ3) is 1.48. The maximum atomic E-state index is 13.0. The van der Waals surface area contributed by atoms with Crippen LogP contribution in [0.25, 0.3) is 0 Å². The van der Waals surface area contributed by atoms with E-state index in [1.165, 1.54) is 0 Å². The number of ketones is 1. The van der Waals surface area contributed by atoms with E-state index in [1.54, 1.807) is 6.92 Å². The van der Waals surface area contributed by atoms with Crippen molar-refractivity contribution in [2.24, 2.45) is 17.3 Å². The number of hydrogen-bond donors (Lipinski definition) is 1. The Morgan fingerprint density at radius 1 is 1.29 bits per heavy atom. The smallest absolute Gasteiger partial charge is 0.323 e. The molecule has 1 heterocycles. The van der Waals surface area contributed by atoms with Crippen LogP contribution < -0.4 is 5.32 Å². The number of nitrogens with one attached hydrogen (secondary N) is 1. The minimum absolute atomic E-state index is 0.0755. The van der Waals surface area contributed by atoms with Crippen molar-refractivity contribution in [2.75, 3.05) is 6.61 Å². The van der Waals surface area contributed by atoms with Crippen molar-refractivity contribution in [3.8, 4) is 0 Å². The van der Waals surface area contributed by atoms with Crippen LogP contribution in [-0.4, -0.2) is 24.3 Å². The highest BCUT2D eigenvalue weighted by molar-refractivity contribution is 6.46. The van der Waals surface area contributed by atoms with Gasteiger partial charge in [0.1, 0.15) is 0 Å². The molecule has 2 fully saturated rings. The van der Waals surface area contributed by atoms with Crippen molar-refractivity contribution in [3.63, 3.8) is 0 Å². The lowest BCUT2D eigenvalue weighted by Crippen LogP contribution is -2.74. The van der Waals surface area contributed by atoms with Crippen molar-refractivity contribution in [3.05, 3.63) is 48.0 Å². The van der Waals surface area contributed by atoms with Gasteiger partial charge in [-0.1, -0.05) is 42.5 Å². The number of rotatable bonds is 3. The topological polar surface area (TPSA) is 72.5 Å². The van der Waals surface area contributed by atoms with E-state index in [0.717, 1.165) is 12.0 Å². The van der Waals surface area contributed by atoms with Gasteiger partial charge in [-0.3, -0.25) is 14.4 Å². The molecule has 24 heavy (non-hydrogen) atoms.